The van der Waals surface area contributed by atoms with E-state index < -0.39 is 11.9 Å². The van der Waals surface area contributed by atoms with Gasteiger partial charge in [0, 0.05) is 26.4 Å². The van der Waals surface area contributed by atoms with Gasteiger partial charge in [0.15, 0.2) is 0 Å². The Hall–Kier alpha value is -1.59. The Morgan fingerprint density at radius 3 is 2.32 bits per heavy atom. The van der Waals surface area contributed by atoms with Crippen LogP contribution in [0.1, 0.15) is 46.0 Å². The van der Waals surface area contributed by atoms with Gasteiger partial charge in [0.1, 0.15) is 0 Å². The maximum atomic E-state index is 11.4. The summed E-state index contributed by atoms with van der Waals surface area (Å²) in [5, 5.41) is 14.1. The molecule has 0 aliphatic heterocycles. The van der Waals surface area contributed by atoms with Gasteiger partial charge in [0.2, 0.25) is 11.8 Å². The summed E-state index contributed by atoms with van der Waals surface area (Å²) < 4.78 is 0. The second-order valence-corrected chi connectivity index (χ2v) is 4.67. The second-order valence-electron chi connectivity index (χ2n) is 4.67. The summed E-state index contributed by atoms with van der Waals surface area (Å²) in [6.45, 7) is 4.15. The molecular formula is C13H24N2O4. The summed E-state index contributed by atoms with van der Waals surface area (Å²) in [5.41, 5.74) is 0. The fourth-order valence-corrected chi connectivity index (χ4v) is 1.49. The predicted octanol–water partition coefficient (Wildman–Crippen LogP) is 0.910. The van der Waals surface area contributed by atoms with Gasteiger partial charge in [-0.05, 0) is 19.3 Å². The number of rotatable bonds is 10. The van der Waals surface area contributed by atoms with Crippen molar-refractivity contribution in [2.45, 2.75) is 46.0 Å². The number of unbranched alkanes of at least 4 members (excludes halogenated alkanes) is 2. The van der Waals surface area contributed by atoms with Gasteiger partial charge < -0.3 is 15.7 Å². The van der Waals surface area contributed by atoms with Gasteiger partial charge in [-0.3, -0.25) is 14.4 Å². The van der Waals surface area contributed by atoms with E-state index >= 15 is 0 Å². The minimum atomic E-state index is -0.841. The Morgan fingerprint density at radius 1 is 1.05 bits per heavy atom. The highest BCUT2D eigenvalue weighted by Crippen LogP contribution is 2.01. The Labute approximate surface area is 113 Å². The normalized spacial score (nSPS) is 11.7. The molecule has 3 N–H and O–H groups in total. The first-order valence-corrected chi connectivity index (χ1v) is 6.67. The topological polar surface area (TPSA) is 95.5 Å². The lowest BCUT2D eigenvalue weighted by Crippen LogP contribution is -2.26. The number of carbonyl (C=O) groups excluding carboxylic acids is 2. The molecule has 0 aromatic carbocycles. The fraction of sp³-hybridized carbons (Fsp3) is 0.769. The van der Waals surface area contributed by atoms with Gasteiger partial charge in [-0.2, -0.15) is 0 Å². The molecule has 0 bridgehead atoms. The van der Waals surface area contributed by atoms with Crippen molar-refractivity contribution in [3.05, 3.63) is 0 Å². The highest BCUT2D eigenvalue weighted by molar-refractivity contribution is 5.76. The first-order valence-electron chi connectivity index (χ1n) is 6.67. The number of nitrogens with one attached hydrogen (secondary N) is 2. The average Bonchev–Trinajstić information content (AvgIpc) is 2.32. The van der Waals surface area contributed by atoms with Crippen molar-refractivity contribution in [1.29, 1.82) is 0 Å². The van der Waals surface area contributed by atoms with Crippen LogP contribution in [0.3, 0.4) is 0 Å². The maximum Gasteiger partial charge on any atom is 0.306 e. The van der Waals surface area contributed by atoms with Gasteiger partial charge in [-0.25, -0.2) is 0 Å². The van der Waals surface area contributed by atoms with E-state index in [9.17, 15) is 14.4 Å². The van der Waals surface area contributed by atoms with Crippen LogP contribution in [0, 0.1) is 5.92 Å². The van der Waals surface area contributed by atoms with Crippen molar-refractivity contribution < 1.29 is 19.5 Å². The molecule has 0 aliphatic rings. The maximum absolute atomic E-state index is 11.4. The van der Waals surface area contributed by atoms with E-state index in [0.717, 1.165) is 19.3 Å². The molecule has 6 heteroatoms. The largest absolute Gasteiger partial charge is 0.481 e. The van der Waals surface area contributed by atoms with Gasteiger partial charge in [-0.15, -0.1) is 0 Å². The van der Waals surface area contributed by atoms with Crippen LogP contribution in [-0.4, -0.2) is 36.0 Å². The number of amides is 2. The molecule has 19 heavy (non-hydrogen) atoms. The first kappa shape index (κ1) is 17.4. The van der Waals surface area contributed by atoms with Gasteiger partial charge in [0.05, 0.1) is 5.92 Å². The summed E-state index contributed by atoms with van der Waals surface area (Å²) in [6, 6.07) is 0. The lowest BCUT2D eigenvalue weighted by molar-refractivity contribution is -0.141. The Bertz CT molecular complexity index is 305. The van der Waals surface area contributed by atoms with Crippen LogP contribution in [0.15, 0.2) is 0 Å². The molecule has 0 rings (SSSR count). The van der Waals surface area contributed by atoms with Crippen LogP contribution >= 0.6 is 0 Å². The molecular weight excluding hydrogens is 248 g/mol. The Morgan fingerprint density at radius 2 is 1.74 bits per heavy atom. The van der Waals surface area contributed by atoms with E-state index in [1.807, 2.05) is 0 Å². The van der Waals surface area contributed by atoms with Crippen molar-refractivity contribution in [1.82, 2.24) is 10.6 Å². The number of hydrogen-bond acceptors (Lipinski definition) is 3. The molecule has 0 aromatic heterocycles. The summed E-state index contributed by atoms with van der Waals surface area (Å²) in [4.78, 5) is 32.5. The van der Waals surface area contributed by atoms with Gasteiger partial charge in [-0.1, -0.05) is 13.3 Å². The molecule has 2 amide bonds. The fourth-order valence-electron chi connectivity index (χ4n) is 1.49. The lowest BCUT2D eigenvalue weighted by Gasteiger charge is -2.08. The third-order valence-corrected chi connectivity index (χ3v) is 2.78. The Kier molecular flexibility index (Phi) is 9.48. The van der Waals surface area contributed by atoms with Crippen LogP contribution in [0.5, 0.6) is 0 Å². The van der Waals surface area contributed by atoms with Crippen LogP contribution < -0.4 is 10.6 Å². The molecule has 0 aliphatic carbocycles. The third kappa shape index (κ3) is 11.2. The van der Waals surface area contributed by atoms with Gasteiger partial charge >= 0.3 is 5.97 Å². The van der Waals surface area contributed by atoms with E-state index in [4.69, 9.17) is 5.11 Å². The second kappa shape index (κ2) is 10.3. The summed E-state index contributed by atoms with van der Waals surface area (Å²) >= 11 is 0. The lowest BCUT2D eigenvalue weighted by atomic mass is 10.1. The van der Waals surface area contributed by atoms with E-state index in [1.165, 1.54) is 6.92 Å². The molecule has 6 nitrogen and oxygen atoms in total. The molecule has 110 valence electrons. The summed E-state index contributed by atoms with van der Waals surface area (Å²) in [6.07, 6.45) is 3.42. The predicted molar refractivity (Wildman–Crippen MR) is 71.6 cm³/mol. The third-order valence-electron chi connectivity index (χ3n) is 2.78. The number of carboxylic acid groups (broad SMARTS) is 1. The van der Waals surface area contributed by atoms with Crippen molar-refractivity contribution in [2.75, 3.05) is 13.1 Å². The molecule has 0 aromatic rings. The minimum Gasteiger partial charge on any atom is -0.481 e. The molecule has 0 heterocycles. The number of aliphatic carboxylic acids is 1. The quantitative estimate of drug-likeness (QED) is 0.515. The zero-order chi connectivity index (χ0) is 14.7. The molecule has 1 unspecified atom stereocenters. The van der Waals surface area contributed by atoms with Crippen molar-refractivity contribution >= 4 is 17.8 Å². The van der Waals surface area contributed by atoms with Gasteiger partial charge in [0.25, 0.3) is 0 Å². The SMILES string of the molecule is CC(=O)NCCCCCC(=O)NCCC(C)C(=O)O. The van der Waals surface area contributed by atoms with Crippen molar-refractivity contribution in [3.8, 4) is 0 Å². The molecule has 1 atom stereocenters. The van der Waals surface area contributed by atoms with E-state index in [-0.39, 0.29) is 11.8 Å². The average molecular weight is 272 g/mol. The molecule has 0 radical (unpaired) electrons. The Balaban J connectivity index is 3.40. The van der Waals surface area contributed by atoms with Crippen molar-refractivity contribution in [3.63, 3.8) is 0 Å². The highest BCUT2D eigenvalue weighted by Gasteiger charge is 2.10. The number of carbonyl (C=O) groups is 3. The molecule has 0 saturated heterocycles. The zero-order valence-corrected chi connectivity index (χ0v) is 11.7. The standard InChI is InChI=1S/C13H24N2O4/c1-10(13(18)19)7-9-15-12(17)6-4-3-5-8-14-11(2)16/h10H,3-9H2,1-2H3,(H,14,16)(H,15,17)(H,18,19). The van der Waals surface area contributed by atoms with E-state index in [0.29, 0.717) is 25.9 Å². The van der Waals surface area contributed by atoms with Crippen molar-refractivity contribution in [2.24, 2.45) is 5.92 Å². The zero-order valence-electron chi connectivity index (χ0n) is 11.7. The molecule has 0 saturated carbocycles. The highest BCUT2D eigenvalue weighted by atomic mass is 16.4. The monoisotopic (exact) mass is 272 g/mol. The smallest absolute Gasteiger partial charge is 0.306 e. The van der Waals surface area contributed by atoms with Crippen LogP contribution in [-0.2, 0) is 14.4 Å². The number of carboxylic acids is 1. The number of hydrogen-bond donors (Lipinski definition) is 3. The molecule has 0 fully saturated rings. The minimum absolute atomic E-state index is 0.0368. The summed E-state index contributed by atoms with van der Waals surface area (Å²) in [5.74, 6) is -1.35. The van der Waals surface area contributed by atoms with Crippen LogP contribution in [0.2, 0.25) is 0 Å². The van der Waals surface area contributed by atoms with Crippen LogP contribution in [0.25, 0.3) is 0 Å². The first-order chi connectivity index (χ1) is 8.93. The molecule has 0 spiro atoms. The van der Waals surface area contributed by atoms with E-state index in [2.05, 4.69) is 10.6 Å². The van der Waals surface area contributed by atoms with E-state index in [1.54, 1.807) is 6.92 Å². The summed E-state index contributed by atoms with van der Waals surface area (Å²) in [7, 11) is 0. The van der Waals surface area contributed by atoms with Crippen LogP contribution in [0.4, 0.5) is 0 Å².